The predicted octanol–water partition coefficient (Wildman–Crippen LogP) is 3.05. The zero-order valence-electron chi connectivity index (χ0n) is 11.3. The number of benzene rings is 2. The van der Waals surface area contributed by atoms with Crippen molar-refractivity contribution in [1.82, 2.24) is 0 Å². The highest BCUT2D eigenvalue weighted by molar-refractivity contribution is 5.74. The standard InChI is InChI=1S/C17H16N2O/c1-20-17-13(10-18)3-2-4-14(17)11-5-7-12(8-6-11)15-9-16(15)19/h2-8,15-16H,9,19H2,1H3/t15-,16+/m0/s1. The van der Waals surface area contributed by atoms with Gasteiger partial charge in [0.1, 0.15) is 11.8 Å². The molecule has 1 aliphatic rings. The first-order valence-electron chi connectivity index (χ1n) is 6.67. The summed E-state index contributed by atoms with van der Waals surface area (Å²) >= 11 is 0. The smallest absolute Gasteiger partial charge is 0.144 e. The van der Waals surface area contributed by atoms with Crippen LogP contribution < -0.4 is 10.5 Å². The molecule has 2 N–H and O–H groups in total. The van der Waals surface area contributed by atoms with Crippen molar-refractivity contribution in [2.24, 2.45) is 5.73 Å². The summed E-state index contributed by atoms with van der Waals surface area (Å²) in [6.45, 7) is 0. The third kappa shape index (κ3) is 2.15. The van der Waals surface area contributed by atoms with Gasteiger partial charge in [-0.25, -0.2) is 0 Å². The first-order valence-corrected chi connectivity index (χ1v) is 6.67. The Balaban J connectivity index is 1.99. The van der Waals surface area contributed by atoms with Crippen LogP contribution in [0.5, 0.6) is 5.75 Å². The van der Waals surface area contributed by atoms with Crippen LogP contribution in [0.2, 0.25) is 0 Å². The van der Waals surface area contributed by atoms with Crippen molar-refractivity contribution >= 4 is 0 Å². The van der Waals surface area contributed by atoms with Gasteiger partial charge < -0.3 is 10.5 Å². The number of para-hydroxylation sites is 1. The molecular formula is C17H16N2O. The van der Waals surface area contributed by atoms with Crippen molar-refractivity contribution in [3.8, 4) is 22.9 Å². The Hall–Kier alpha value is -2.31. The second-order valence-corrected chi connectivity index (χ2v) is 5.13. The molecule has 2 aromatic rings. The molecule has 0 saturated heterocycles. The van der Waals surface area contributed by atoms with Gasteiger partial charge in [0.15, 0.2) is 0 Å². The normalized spacial score (nSPS) is 20.2. The van der Waals surface area contributed by atoms with Crippen molar-refractivity contribution in [1.29, 1.82) is 5.26 Å². The summed E-state index contributed by atoms with van der Waals surface area (Å²) in [5.41, 5.74) is 9.71. The van der Waals surface area contributed by atoms with Crippen LogP contribution >= 0.6 is 0 Å². The Morgan fingerprint density at radius 3 is 2.45 bits per heavy atom. The van der Waals surface area contributed by atoms with Gasteiger partial charge in [0.2, 0.25) is 0 Å². The highest BCUT2D eigenvalue weighted by Crippen LogP contribution is 2.40. The van der Waals surface area contributed by atoms with Crippen LogP contribution in [0.25, 0.3) is 11.1 Å². The summed E-state index contributed by atoms with van der Waals surface area (Å²) in [6.07, 6.45) is 1.08. The average molecular weight is 264 g/mol. The van der Waals surface area contributed by atoms with Gasteiger partial charge in [-0.2, -0.15) is 5.26 Å². The summed E-state index contributed by atoms with van der Waals surface area (Å²) in [7, 11) is 1.59. The molecule has 0 aromatic heterocycles. The van der Waals surface area contributed by atoms with E-state index in [1.54, 1.807) is 13.2 Å². The molecule has 0 spiro atoms. The lowest BCUT2D eigenvalue weighted by atomic mass is 9.99. The Labute approximate surface area is 118 Å². The zero-order valence-corrected chi connectivity index (χ0v) is 11.3. The lowest BCUT2D eigenvalue weighted by Crippen LogP contribution is -2.00. The Morgan fingerprint density at radius 1 is 1.20 bits per heavy atom. The predicted molar refractivity (Wildman–Crippen MR) is 78.5 cm³/mol. The molecule has 2 aromatic carbocycles. The zero-order chi connectivity index (χ0) is 14.1. The van der Waals surface area contributed by atoms with Gasteiger partial charge in [-0.05, 0) is 23.6 Å². The lowest BCUT2D eigenvalue weighted by molar-refractivity contribution is 0.415. The fourth-order valence-corrected chi connectivity index (χ4v) is 2.58. The number of rotatable bonds is 3. The summed E-state index contributed by atoms with van der Waals surface area (Å²) in [6, 6.07) is 16.5. The summed E-state index contributed by atoms with van der Waals surface area (Å²) in [5, 5.41) is 9.13. The van der Waals surface area contributed by atoms with Crippen molar-refractivity contribution in [2.45, 2.75) is 18.4 Å². The average Bonchev–Trinajstić information content (AvgIpc) is 3.23. The summed E-state index contributed by atoms with van der Waals surface area (Å²) < 4.78 is 5.39. The van der Waals surface area contributed by atoms with E-state index in [1.807, 2.05) is 12.1 Å². The number of methoxy groups -OCH3 is 1. The molecular weight excluding hydrogens is 248 g/mol. The lowest BCUT2D eigenvalue weighted by Gasteiger charge is -2.10. The molecule has 2 atom stereocenters. The molecule has 0 heterocycles. The largest absolute Gasteiger partial charge is 0.495 e. The highest BCUT2D eigenvalue weighted by Gasteiger charge is 2.34. The minimum atomic E-state index is 0.317. The van der Waals surface area contributed by atoms with E-state index in [2.05, 4.69) is 30.3 Å². The maximum absolute atomic E-state index is 9.13. The molecule has 3 heteroatoms. The molecule has 1 fully saturated rings. The number of nitriles is 1. The first-order chi connectivity index (χ1) is 9.74. The SMILES string of the molecule is COc1c(C#N)cccc1-c1ccc([C@@H]2C[C@H]2N)cc1. The quantitative estimate of drug-likeness (QED) is 0.926. The molecule has 3 nitrogen and oxygen atoms in total. The fraction of sp³-hybridized carbons (Fsp3) is 0.235. The van der Waals surface area contributed by atoms with Crippen molar-refractivity contribution in [2.75, 3.05) is 7.11 Å². The van der Waals surface area contributed by atoms with Crippen LogP contribution in [-0.2, 0) is 0 Å². The number of hydrogen-bond acceptors (Lipinski definition) is 3. The van der Waals surface area contributed by atoms with Gasteiger partial charge in [0.25, 0.3) is 0 Å². The molecule has 0 amide bonds. The molecule has 20 heavy (non-hydrogen) atoms. The van der Waals surface area contributed by atoms with Gasteiger partial charge in [-0.3, -0.25) is 0 Å². The van der Waals surface area contributed by atoms with E-state index >= 15 is 0 Å². The van der Waals surface area contributed by atoms with Gasteiger partial charge in [-0.1, -0.05) is 36.4 Å². The second kappa shape index (κ2) is 4.99. The first kappa shape index (κ1) is 12.7. The van der Waals surface area contributed by atoms with Crippen molar-refractivity contribution in [3.63, 3.8) is 0 Å². The molecule has 0 bridgehead atoms. The van der Waals surface area contributed by atoms with E-state index in [0.29, 0.717) is 23.3 Å². The third-order valence-electron chi connectivity index (χ3n) is 3.83. The van der Waals surface area contributed by atoms with E-state index in [0.717, 1.165) is 17.5 Å². The third-order valence-corrected chi connectivity index (χ3v) is 3.83. The molecule has 1 saturated carbocycles. The maximum Gasteiger partial charge on any atom is 0.144 e. The Kier molecular flexibility index (Phi) is 3.17. The highest BCUT2D eigenvalue weighted by atomic mass is 16.5. The van der Waals surface area contributed by atoms with Crippen LogP contribution in [0.3, 0.4) is 0 Å². The van der Waals surface area contributed by atoms with Crippen LogP contribution in [0.4, 0.5) is 0 Å². The van der Waals surface area contributed by atoms with Gasteiger partial charge in [0.05, 0.1) is 12.7 Å². The van der Waals surface area contributed by atoms with Crippen LogP contribution in [0.1, 0.15) is 23.5 Å². The summed E-state index contributed by atoms with van der Waals surface area (Å²) in [4.78, 5) is 0. The Morgan fingerprint density at radius 2 is 1.90 bits per heavy atom. The molecule has 100 valence electrons. The van der Waals surface area contributed by atoms with E-state index in [9.17, 15) is 0 Å². The van der Waals surface area contributed by atoms with E-state index < -0.39 is 0 Å². The van der Waals surface area contributed by atoms with E-state index in [4.69, 9.17) is 15.7 Å². The van der Waals surface area contributed by atoms with Gasteiger partial charge >= 0.3 is 0 Å². The minimum Gasteiger partial charge on any atom is -0.495 e. The van der Waals surface area contributed by atoms with Crippen molar-refractivity contribution in [3.05, 3.63) is 53.6 Å². The molecule has 0 unspecified atom stereocenters. The molecule has 1 aliphatic carbocycles. The van der Waals surface area contributed by atoms with Crippen LogP contribution in [-0.4, -0.2) is 13.2 Å². The van der Waals surface area contributed by atoms with Crippen molar-refractivity contribution < 1.29 is 4.74 Å². The monoisotopic (exact) mass is 264 g/mol. The van der Waals surface area contributed by atoms with E-state index in [1.165, 1.54) is 5.56 Å². The minimum absolute atomic E-state index is 0.317. The maximum atomic E-state index is 9.13. The van der Waals surface area contributed by atoms with Gasteiger partial charge in [-0.15, -0.1) is 0 Å². The van der Waals surface area contributed by atoms with Gasteiger partial charge in [0, 0.05) is 17.5 Å². The molecule has 0 aliphatic heterocycles. The second-order valence-electron chi connectivity index (χ2n) is 5.13. The van der Waals surface area contributed by atoms with E-state index in [-0.39, 0.29) is 0 Å². The summed E-state index contributed by atoms with van der Waals surface area (Å²) in [5.74, 6) is 1.14. The van der Waals surface area contributed by atoms with Crippen LogP contribution in [0.15, 0.2) is 42.5 Å². The number of nitrogens with two attached hydrogens (primary N) is 1. The van der Waals surface area contributed by atoms with Crippen LogP contribution in [0, 0.1) is 11.3 Å². The topological polar surface area (TPSA) is 59.0 Å². The molecule has 3 rings (SSSR count). The Bertz CT molecular complexity index is 670. The molecule has 0 radical (unpaired) electrons. The fourth-order valence-electron chi connectivity index (χ4n) is 2.58. The number of nitrogens with zero attached hydrogens (tertiary/aromatic N) is 1. The number of hydrogen-bond donors (Lipinski definition) is 1. The number of ether oxygens (including phenoxy) is 1.